The molecule has 0 saturated heterocycles. The van der Waals surface area contributed by atoms with Crippen LogP contribution in [0.3, 0.4) is 0 Å². The molecule has 32 heavy (non-hydrogen) atoms. The van der Waals surface area contributed by atoms with Crippen molar-refractivity contribution in [2.75, 3.05) is 10.6 Å². The molecule has 0 aliphatic carbocycles. The van der Waals surface area contributed by atoms with Crippen molar-refractivity contribution in [1.82, 2.24) is 0 Å². The van der Waals surface area contributed by atoms with E-state index < -0.39 is 17.4 Å². The first kappa shape index (κ1) is 21.4. The normalized spacial score (nSPS) is 11.2. The highest BCUT2D eigenvalue weighted by Gasteiger charge is 2.33. The average Bonchev–Trinajstić information content (AvgIpc) is 2.75. The number of alkyl halides is 3. The molecule has 0 saturated carbocycles. The van der Waals surface area contributed by atoms with Gasteiger partial charge in [-0.25, -0.2) is 4.79 Å². The van der Waals surface area contributed by atoms with Gasteiger partial charge in [-0.2, -0.15) is 13.2 Å². The molecule has 0 atom stereocenters. The molecule has 1 aromatic heterocycles. The van der Waals surface area contributed by atoms with E-state index >= 15 is 0 Å². The van der Waals surface area contributed by atoms with Gasteiger partial charge < -0.3 is 19.8 Å². The van der Waals surface area contributed by atoms with Crippen LogP contribution in [0.4, 0.5) is 24.5 Å². The van der Waals surface area contributed by atoms with Crippen LogP contribution in [0.1, 0.15) is 5.56 Å². The van der Waals surface area contributed by atoms with Gasteiger partial charge in [0, 0.05) is 22.8 Å². The highest BCUT2D eigenvalue weighted by molar-refractivity contribution is 7.80. The standard InChI is InChI=1S/C23H15F3N2O3S/c24-23(25,26)19-13-21(29)31-20-11-8-15(12-18(19)20)28-22(32)27-14-6-9-17(10-7-14)30-16-4-2-1-3-5-16/h1-13H,(H2,27,28,32). The molecular weight excluding hydrogens is 441 g/mol. The summed E-state index contributed by atoms with van der Waals surface area (Å²) < 4.78 is 50.5. The first-order valence-corrected chi connectivity index (χ1v) is 9.75. The molecule has 162 valence electrons. The molecule has 3 aromatic carbocycles. The van der Waals surface area contributed by atoms with Gasteiger partial charge in [-0.1, -0.05) is 18.2 Å². The number of benzene rings is 3. The van der Waals surface area contributed by atoms with Gasteiger partial charge in [0.05, 0.1) is 5.56 Å². The Morgan fingerprint density at radius 3 is 2.16 bits per heavy atom. The molecule has 0 bridgehead atoms. The fourth-order valence-corrected chi connectivity index (χ4v) is 3.24. The van der Waals surface area contributed by atoms with Crippen LogP contribution in [-0.4, -0.2) is 5.11 Å². The molecule has 9 heteroatoms. The van der Waals surface area contributed by atoms with Crippen molar-refractivity contribution in [3.63, 3.8) is 0 Å². The van der Waals surface area contributed by atoms with E-state index in [1.807, 2.05) is 30.3 Å². The van der Waals surface area contributed by atoms with Gasteiger partial charge in [-0.3, -0.25) is 0 Å². The summed E-state index contributed by atoms with van der Waals surface area (Å²) in [6.07, 6.45) is -4.70. The highest BCUT2D eigenvalue weighted by Crippen LogP contribution is 2.34. The summed E-state index contributed by atoms with van der Waals surface area (Å²) in [7, 11) is 0. The number of anilines is 2. The smallest absolute Gasteiger partial charge is 0.417 e. The minimum atomic E-state index is -4.70. The van der Waals surface area contributed by atoms with Gasteiger partial charge in [0.25, 0.3) is 0 Å². The summed E-state index contributed by atoms with van der Waals surface area (Å²) in [4.78, 5) is 11.4. The maximum atomic E-state index is 13.3. The van der Waals surface area contributed by atoms with Crippen LogP contribution < -0.4 is 21.0 Å². The quantitative estimate of drug-likeness (QED) is 0.273. The van der Waals surface area contributed by atoms with E-state index in [1.54, 1.807) is 24.3 Å². The molecule has 4 rings (SSSR count). The summed E-state index contributed by atoms with van der Waals surface area (Å²) in [6, 6.07) is 20.7. The van der Waals surface area contributed by atoms with Crippen LogP contribution >= 0.6 is 12.2 Å². The van der Waals surface area contributed by atoms with Gasteiger partial charge in [0.2, 0.25) is 0 Å². The van der Waals surface area contributed by atoms with Crippen molar-refractivity contribution < 1.29 is 22.3 Å². The van der Waals surface area contributed by atoms with E-state index in [0.29, 0.717) is 28.9 Å². The Labute approximate surface area is 185 Å². The second-order valence-corrected chi connectivity index (χ2v) is 7.11. The zero-order valence-corrected chi connectivity index (χ0v) is 17.1. The van der Waals surface area contributed by atoms with Crippen molar-refractivity contribution in [3.05, 3.63) is 94.8 Å². The number of ether oxygens (including phenoxy) is 1. The molecule has 0 amide bonds. The summed E-state index contributed by atoms with van der Waals surface area (Å²) in [5, 5.41) is 5.71. The lowest BCUT2D eigenvalue weighted by atomic mass is 10.1. The van der Waals surface area contributed by atoms with Crippen LogP contribution in [0, 0.1) is 0 Å². The molecular formula is C23H15F3N2O3S. The lowest BCUT2D eigenvalue weighted by Gasteiger charge is -2.13. The summed E-state index contributed by atoms with van der Waals surface area (Å²) in [6.45, 7) is 0. The first-order chi connectivity index (χ1) is 15.3. The Morgan fingerprint density at radius 2 is 1.47 bits per heavy atom. The Morgan fingerprint density at radius 1 is 0.844 bits per heavy atom. The SMILES string of the molecule is O=c1cc(C(F)(F)F)c2cc(NC(=S)Nc3ccc(Oc4ccccc4)cc3)ccc2o1. The van der Waals surface area contributed by atoms with Crippen molar-refractivity contribution in [2.45, 2.75) is 6.18 Å². The van der Waals surface area contributed by atoms with Crippen molar-refractivity contribution in [3.8, 4) is 11.5 Å². The maximum absolute atomic E-state index is 13.3. The maximum Gasteiger partial charge on any atom is 0.417 e. The number of nitrogens with one attached hydrogen (secondary N) is 2. The lowest BCUT2D eigenvalue weighted by Crippen LogP contribution is -2.19. The molecule has 4 aromatic rings. The average molecular weight is 456 g/mol. The predicted molar refractivity (Wildman–Crippen MR) is 120 cm³/mol. The molecule has 5 nitrogen and oxygen atoms in total. The van der Waals surface area contributed by atoms with Gasteiger partial charge in [-0.15, -0.1) is 0 Å². The zero-order chi connectivity index (χ0) is 22.7. The second-order valence-electron chi connectivity index (χ2n) is 6.71. The van der Waals surface area contributed by atoms with Crippen LogP contribution in [0.5, 0.6) is 11.5 Å². The molecule has 0 aliphatic rings. The number of thiocarbonyl (C=S) groups is 1. The molecule has 0 aliphatic heterocycles. The lowest BCUT2D eigenvalue weighted by molar-refractivity contribution is -0.136. The Kier molecular flexibility index (Phi) is 5.83. The van der Waals surface area contributed by atoms with E-state index in [4.69, 9.17) is 21.4 Å². The van der Waals surface area contributed by atoms with Gasteiger partial charge in [-0.05, 0) is 66.8 Å². The van der Waals surface area contributed by atoms with E-state index in [-0.39, 0.29) is 16.1 Å². The fraction of sp³-hybridized carbons (Fsp3) is 0.0435. The van der Waals surface area contributed by atoms with Gasteiger partial charge in [0.1, 0.15) is 17.1 Å². The summed E-state index contributed by atoms with van der Waals surface area (Å²) in [5.41, 5.74) is -1.34. The van der Waals surface area contributed by atoms with Crippen molar-refractivity contribution in [1.29, 1.82) is 0 Å². The summed E-state index contributed by atoms with van der Waals surface area (Å²) in [5.74, 6) is 1.34. The molecule has 0 radical (unpaired) electrons. The minimum Gasteiger partial charge on any atom is -0.457 e. The Hall–Kier alpha value is -3.85. The summed E-state index contributed by atoms with van der Waals surface area (Å²) >= 11 is 5.26. The molecule has 0 fully saturated rings. The van der Waals surface area contributed by atoms with Crippen LogP contribution in [-0.2, 0) is 6.18 Å². The third-order valence-electron chi connectivity index (χ3n) is 4.40. The third kappa shape index (κ3) is 5.06. The third-order valence-corrected chi connectivity index (χ3v) is 4.60. The number of para-hydroxylation sites is 1. The zero-order valence-electron chi connectivity index (χ0n) is 16.3. The topological polar surface area (TPSA) is 63.5 Å². The molecule has 1 heterocycles. The number of halogens is 3. The predicted octanol–water partition coefficient (Wildman–Crippen LogP) is 6.41. The van der Waals surface area contributed by atoms with Crippen LogP contribution in [0.25, 0.3) is 11.0 Å². The number of hydrogen-bond donors (Lipinski definition) is 2. The van der Waals surface area contributed by atoms with E-state index in [9.17, 15) is 18.0 Å². The molecule has 0 unspecified atom stereocenters. The Balaban J connectivity index is 1.47. The van der Waals surface area contributed by atoms with Crippen LogP contribution in [0.15, 0.2) is 88.1 Å². The van der Waals surface area contributed by atoms with Crippen molar-refractivity contribution >= 4 is 39.7 Å². The fourth-order valence-electron chi connectivity index (χ4n) is 3.00. The monoisotopic (exact) mass is 456 g/mol. The van der Waals surface area contributed by atoms with Gasteiger partial charge >= 0.3 is 11.8 Å². The number of hydrogen-bond acceptors (Lipinski definition) is 4. The number of rotatable bonds is 4. The van der Waals surface area contributed by atoms with Gasteiger partial charge in [0.15, 0.2) is 5.11 Å². The van der Waals surface area contributed by atoms with E-state index in [1.165, 1.54) is 18.2 Å². The molecule has 2 N–H and O–H groups in total. The van der Waals surface area contributed by atoms with E-state index in [2.05, 4.69) is 10.6 Å². The van der Waals surface area contributed by atoms with Crippen LogP contribution in [0.2, 0.25) is 0 Å². The molecule has 0 spiro atoms. The Bertz CT molecular complexity index is 1320. The largest absolute Gasteiger partial charge is 0.457 e. The van der Waals surface area contributed by atoms with Crippen molar-refractivity contribution in [2.24, 2.45) is 0 Å². The second kappa shape index (κ2) is 8.72. The van der Waals surface area contributed by atoms with E-state index in [0.717, 1.165) is 0 Å². The number of fused-ring (bicyclic) bond motifs is 1. The minimum absolute atomic E-state index is 0.164. The first-order valence-electron chi connectivity index (χ1n) is 9.34. The highest BCUT2D eigenvalue weighted by atomic mass is 32.1.